The smallest absolute Gasteiger partial charge is 0.180 e. The van der Waals surface area contributed by atoms with Gasteiger partial charge < -0.3 is 29.4 Å². The molecule has 2 fully saturated rings. The standard InChI is InChI=1S/C27H29N7O2/c1-6-25-23(28-8-14-36-25)15-19(1)24-16-34-9-7-29-27(34)26(31-24)30-20-2-4-21(5-3-20)32-10-12-33(13-11-32)22-17-35-18-22/h1-7,9,15-16,22,28H,8,10-14,17-18H2,(H,30,31). The lowest BCUT2D eigenvalue weighted by Gasteiger charge is -2.43. The van der Waals surface area contributed by atoms with Gasteiger partial charge in [0.25, 0.3) is 0 Å². The average Bonchev–Trinajstić information content (AvgIpc) is 3.38. The van der Waals surface area contributed by atoms with E-state index in [2.05, 4.69) is 55.7 Å². The lowest BCUT2D eigenvalue weighted by molar-refractivity contribution is -0.0660. The summed E-state index contributed by atoms with van der Waals surface area (Å²) in [5, 5.41) is 6.90. The van der Waals surface area contributed by atoms with Crippen molar-refractivity contribution in [3.8, 4) is 17.0 Å². The summed E-state index contributed by atoms with van der Waals surface area (Å²) in [6.07, 6.45) is 5.76. The second kappa shape index (κ2) is 9.00. The zero-order chi connectivity index (χ0) is 23.9. The van der Waals surface area contributed by atoms with Crippen molar-refractivity contribution in [2.24, 2.45) is 0 Å². The molecule has 4 aromatic rings. The second-order valence-corrected chi connectivity index (χ2v) is 9.51. The molecule has 0 amide bonds. The second-order valence-electron chi connectivity index (χ2n) is 9.51. The van der Waals surface area contributed by atoms with E-state index in [-0.39, 0.29) is 0 Å². The summed E-state index contributed by atoms with van der Waals surface area (Å²) in [6.45, 7) is 7.53. The van der Waals surface area contributed by atoms with E-state index in [9.17, 15) is 0 Å². The molecule has 0 atom stereocenters. The van der Waals surface area contributed by atoms with Crippen LogP contribution in [0.3, 0.4) is 0 Å². The fourth-order valence-corrected chi connectivity index (χ4v) is 5.13. The van der Waals surface area contributed by atoms with E-state index in [0.29, 0.717) is 12.6 Å². The van der Waals surface area contributed by atoms with Gasteiger partial charge >= 0.3 is 0 Å². The number of hydrogen-bond donors (Lipinski definition) is 2. The number of anilines is 4. The zero-order valence-corrected chi connectivity index (χ0v) is 20.1. The number of nitrogens with zero attached hydrogens (tertiary/aromatic N) is 5. The summed E-state index contributed by atoms with van der Waals surface area (Å²) in [5.74, 6) is 1.61. The zero-order valence-electron chi connectivity index (χ0n) is 20.1. The highest BCUT2D eigenvalue weighted by Crippen LogP contribution is 2.33. The number of fused-ring (bicyclic) bond motifs is 2. The van der Waals surface area contributed by atoms with Gasteiger partial charge in [0, 0.05) is 68.3 Å². The quantitative estimate of drug-likeness (QED) is 0.447. The molecule has 0 saturated carbocycles. The van der Waals surface area contributed by atoms with Crippen LogP contribution in [0.1, 0.15) is 0 Å². The maximum Gasteiger partial charge on any atom is 0.180 e. The minimum atomic E-state index is 0.618. The number of nitrogens with one attached hydrogen (secondary N) is 2. The molecule has 0 bridgehead atoms. The number of hydrogen-bond acceptors (Lipinski definition) is 8. The monoisotopic (exact) mass is 483 g/mol. The Hall–Kier alpha value is -3.82. The molecule has 36 heavy (non-hydrogen) atoms. The molecule has 0 aliphatic carbocycles. The first-order valence-corrected chi connectivity index (χ1v) is 12.6. The van der Waals surface area contributed by atoms with Gasteiger partial charge in [0.2, 0.25) is 0 Å². The van der Waals surface area contributed by atoms with Crippen LogP contribution in [0.4, 0.5) is 22.9 Å². The molecule has 3 aliphatic rings. The first kappa shape index (κ1) is 21.5. The summed E-state index contributed by atoms with van der Waals surface area (Å²) in [6, 6.07) is 15.4. The SMILES string of the molecule is c1cn2cc(-c3ccc4c(c3)NCCO4)nc(Nc3ccc(N4CCN(C5COC5)CC4)cc3)c2n1. The van der Waals surface area contributed by atoms with Gasteiger partial charge in [0.1, 0.15) is 12.4 Å². The van der Waals surface area contributed by atoms with Crippen molar-refractivity contribution in [1.82, 2.24) is 19.3 Å². The normalized spacial score (nSPS) is 18.3. The van der Waals surface area contributed by atoms with Crippen molar-refractivity contribution >= 4 is 28.5 Å². The van der Waals surface area contributed by atoms with E-state index in [4.69, 9.17) is 14.5 Å². The molecule has 0 spiro atoms. The third-order valence-electron chi connectivity index (χ3n) is 7.27. The van der Waals surface area contributed by atoms with Gasteiger partial charge in [-0.1, -0.05) is 0 Å². The van der Waals surface area contributed by atoms with Crippen molar-refractivity contribution in [2.75, 3.05) is 68.1 Å². The molecule has 184 valence electrons. The average molecular weight is 484 g/mol. The number of benzene rings is 2. The van der Waals surface area contributed by atoms with Crippen LogP contribution in [0, 0.1) is 0 Å². The van der Waals surface area contributed by atoms with Gasteiger partial charge in [-0.15, -0.1) is 0 Å². The van der Waals surface area contributed by atoms with Crippen LogP contribution >= 0.6 is 0 Å². The molecular weight excluding hydrogens is 454 g/mol. The van der Waals surface area contributed by atoms with Crippen molar-refractivity contribution in [1.29, 1.82) is 0 Å². The third kappa shape index (κ3) is 4.00. The predicted molar refractivity (Wildman–Crippen MR) is 141 cm³/mol. The van der Waals surface area contributed by atoms with Crippen LogP contribution in [0.2, 0.25) is 0 Å². The highest BCUT2D eigenvalue weighted by Gasteiger charge is 2.28. The lowest BCUT2D eigenvalue weighted by Crippen LogP contribution is -2.56. The van der Waals surface area contributed by atoms with Gasteiger partial charge in [-0.05, 0) is 42.5 Å². The molecule has 9 nitrogen and oxygen atoms in total. The van der Waals surface area contributed by atoms with Crippen molar-refractivity contribution in [2.45, 2.75) is 6.04 Å². The molecule has 7 rings (SSSR count). The summed E-state index contributed by atoms with van der Waals surface area (Å²) in [7, 11) is 0. The maximum atomic E-state index is 5.73. The minimum Gasteiger partial charge on any atom is -0.490 e. The van der Waals surface area contributed by atoms with Crippen LogP contribution in [-0.2, 0) is 4.74 Å². The summed E-state index contributed by atoms with van der Waals surface area (Å²) in [4.78, 5) is 14.5. The molecule has 2 aromatic carbocycles. The molecule has 5 heterocycles. The molecule has 9 heteroatoms. The summed E-state index contributed by atoms with van der Waals surface area (Å²) in [5.41, 5.74) is 5.91. The lowest BCUT2D eigenvalue weighted by atomic mass is 10.1. The predicted octanol–water partition coefficient (Wildman–Crippen LogP) is 3.47. The molecular formula is C27H29N7O2. The Morgan fingerprint density at radius 2 is 1.86 bits per heavy atom. The molecule has 0 radical (unpaired) electrons. The number of piperazine rings is 1. The topological polar surface area (TPSA) is 79.2 Å². The Labute approximate surface area is 209 Å². The highest BCUT2D eigenvalue weighted by molar-refractivity contribution is 5.76. The number of imidazole rings is 1. The van der Waals surface area contributed by atoms with E-state index in [1.54, 1.807) is 6.20 Å². The Kier molecular flexibility index (Phi) is 5.36. The van der Waals surface area contributed by atoms with Crippen LogP contribution in [0.25, 0.3) is 16.9 Å². The van der Waals surface area contributed by atoms with Gasteiger partial charge in [0.05, 0.1) is 30.6 Å². The molecule has 2 aromatic heterocycles. The Balaban J connectivity index is 1.11. The van der Waals surface area contributed by atoms with Crippen molar-refractivity contribution in [3.05, 3.63) is 61.1 Å². The van der Waals surface area contributed by atoms with Crippen molar-refractivity contribution < 1.29 is 9.47 Å². The molecule has 0 unspecified atom stereocenters. The van der Waals surface area contributed by atoms with Gasteiger partial charge in [-0.3, -0.25) is 4.90 Å². The van der Waals surface area contributed by atoms with Crippen LogP contribution in [0.15, 0.2) is 61.1 Å². The largest absolute Gasteiger partial charge is 0.490 e. The Bertz CT molecular complexity index is 1370. The van der Waals surface area contributed by atoms with Gasteiger partial charge in [-0.25, -0.2) is 9.97 Å². The number of rotatable bonds is 5. The first-order valence-electron chi connectivity index (χ1n) is 12.6. The molecule has 2 N–H and O–H groups in total. The van der Waals surface area contributed by atoms with Crippen molar-refractivity contribution in [3.63, 3.8) is 0 Å². The first-order chi connectivity index (χ1) is 17.8. The fraction of sp³-hybridized carbons (Fsp3) is 0.333. The van der Waals surface area contributed by atoms with E-state index in [1.807, 2.05) is 28.9 Å². The number of ether oxygens (including phenoxy) is 2. The minimum absolute atomic E-state index is 0.618. The highest BCUT2D eigenvalue weighted by atomic mass is 16.5. The fourth-order valence-electron chi connectivity index (χ4n) is 5.13. The van der Waals surface area contributed by atoms with E-state index in [1.165, 1.54) is 5.69 Å². The summed E-state index contributed by atoms with van der Waals surface area (Å²) >= 11 is 0. The molecule has 3 aliphatic heterocycles. The van der Waals surface area contributed by atoms with E-state index >= 15 is 0 Å². The number of aromatic nitrogens is 3. The van der Waals surface area contributed by atoms with Gasteiger partial charge in [-0.2, -0.15) is 0 Å². The van der Waals surface area contributed by atoms with E-state index < -0.39 is 0 Å². The van der Waals surface area contributed by atoms with E-state index in [0.717, 1.165) is 85.8 Å². The van der Waals surface area contributed by atoms with Crippen LogP contribution in [0.5, 0.6) is 5.75 Å². The van der Waals surface area contributed by atoms with Gasteiger partial charge in [0.15, 0.2) is 11.5 Å². The Morgan fingerprint density at radius 3 is 2.67 bits per heavy atom. The Morgan fingerprint density at radius 1 is 1.00 bits per heavy atom. The molecule has 2 saturated heterocycles. The maximum absolute atomic E-state index is 5.73. The summed E-state index contributed by atoms with van der Waals surface area (Å²) < 4.78 is 13.1. The third-order valence-corrected chi connectivity index (χ3v) is 7.27. The van der Waals surface area contributed by atoms with Crippen LogP contribution in [-0.4, -0.2) is 77.9 Å². The van der Waals surface area contributed by atoms with Crippen LogP contribution < -0.4 is 20.3 Å².